The van der Waals surface area contributed by atoms with Crippen LogP contribution in [0.2, 0.25) is 0 Å². The van der Waals surface area contributed by atoms with Gasteiger partial charge in [0.2, 0.25) is 0 Å². The smallest absolute Gasteiger partial charge is 0.0139 e. The van der Waals surface area contributed by atoms with Gasteiger partial charge in [-0.3, -0.25) is 0 Å². The molecule has 55 heavy (non-hydrogen) atoms. The molecule has 0 radical (unpaired) electrons. The summed E-state index contributed by atoms with van der Waals surface area (Å²) in [4.78, 5) is 5.22. The van der Waals surface area contributed by atoms with Gasteiger partial charge in [-0.05, 0) is 137 Å². The number of allylic oxidation sites excluding steroid dienone is 8. The minimum atomic E-state index is 0.200. The lowest BCUT2D eigenvalue weighted by Crippen LogP contribution is -2.47. The highest BCUT2D eigenvalue weighted by Crippen LogP contribution is 2.21. The lowest BCUT2D eigenvalue weighted by Gasteiger charge is -2.33. The monoisotopic (exact) mass is 768 g/mol. The molecule has 0 aliphatic rings. The first kappa shape index (κ1) is 53.8. The van der Waals surface area contributed by atoms with Gasteiger partial charge in [-0.15, -0.1) is 0 Å². The Labute approximate surface area is 348 Å². The van der Waals surface area contributed by atoms with Crippen molar-refractivity contribution in [2.45, 2.75) is 239 Å². The van der Waals surface area contributed by atoms with Gasteiger partial charge in [-0.2, -0.15) is 0 Å². The summed E-state index contributed by atoms with van der Waals surface area (Å²) >= 11 is 0. The molecule has 0 spiro atoms. The van der Waals surface area contributed by atoms with Gasteiger partial charge >= 0.3 is 0 Å². The van der Waals surface area contributed by atoms with Gasteiger partial charge in [-0.1, -0.05) is 166 Å². The average molecular weight is 768 g/mol. The molecular formula is C52H101N3. The molecule has 0 saturated carbocycles. The number of hydrogen-bond acceptors (Lipinski definition) is 3. The fourth-order valence-corrected chi connectivity index (χ4v) is 7.74. The van der Waals surface area contributed by atoms with Crippen LogP contribution < -0.4 is 5.32 Å². The Morgan fingerprint density at radius 1 is 0.455 bits per heavy atom. The predicted octanol–water partition coefficient (Wildman–Crippen LogP) is 15.8. The van der Waals surface area contributed by atoms with Crippen molar-refractivity contribution in [3.63, 3.8) is 0 Å². The van der Waals surface area contributed by atoms with Crippen molar-refractivity contribution in [3.8, 4) is 0 Å². The molecule has 0 aliphatic heterocycles. The van der Waals surface area contributed by atoms with Crippen molar-refractivity contribution < 1.29 is 0 Å². The Balaban J connectivity index is 4.46. The van der Waals surface area contributed by atoms with Crippen LogP contribution in [-0.2, 0) is 0 Å². The van der Waals surface area contributed by atoms with Gasteiger partial charge in [-0.25, -0.2) is 0 Å². The van der Waals surface area contributed by atoms with Crippen LogP contribution in [0, 0.1) is 5.92 Å². The third kappa shape index (κ3) is 39.4. The fraction of sp³-hybridized carbons (Fsp3) is 0.846. The molecule has 3 nitrogen and oxygen atoms in total. The van der Waals surface area contributed by atoms with Gasteiger partial charge in [0, 0.05) is 31.2 Å². The van der Waals surface area contributed by atoms with E-state index in [1.165, 1.54) is 193 Å². The second-order valence-electron chi connectivity index (χ2n) is 18.0. The summed E-state index contributed by atoms with van der Waals surface area (Å²) in [6.45, 7) is 18.7. The minimum absolute atomic E-state index is 0.200. The third-order valence-corrected chi connectivity index (χ3v) is 11.8. The number of likely N-dealkylation sites (N-methyl/N-ethyl adjacent to an activating group) is 2. The number of hydrogen-bond donors (Lipinski definition) is 1. The molecular weight excluding hydrogens is 667 g/mol. The molecule has 0 bridgehead atoms. The number of nitrogens with zero attached hydrogens (tertiary/aromatic N) is 2. The number of nitrogens with one attached hydrogen (secondary N) is 1. The summed E-state index contributed by atoms with van der Waals surface area (Å²) in [6.07, 6.45) is 57.7. The molecule has 0 aromatic rings. The van der Waals surface area contributed by atoms with Gasteiger partial charge in [0.15, 0.2) is 0 Å². The van der Waals surface area contributed by atoms with Crippen molar-refractivity contribution >= 4 is 0 Å². The summed E-state index contributed by atoms with van der Waals surface area (Å²) < 4.78 is 0. The SMILES string of the molecule is CCCCCC=CCC=CCCCCCCCCC(CCCCCCCCC=CCC=CCCCCC)CN(C)CCN(C)CCC(C)(C)NC(CC)CC. The average Bonchev–Trinajstić information content (AvgIpc) is 3.17. The maximum atomic E-state index is 3.90. The molecule has 0 fully saturated rings. The Morgan fingerprint density at radius 2 is 0.836 bits per heavy atom. The zero-order valence-electron chi connectivity index (χ0n) is 39.0. The third-order valence-electron chi connectivity index (χ3n) is 11.8. The first-order valence-electron chi connectivity index (χ1n) is 24.5. The van der Waals surface area contributed by atoms with Crippen LogP contribution in [-0.4, -0.2) is 61.7 Å². The van der Waals surface area contributed by atoms with E-state index < -0.39 is 0 Å². The summed E-state index contributed by atoms with van der Waals surface area (Å²) in [7, 11) is 4.71. The van der Waals surface area contributed by atoms with E-state index in [4.69, 9.17) is 0 Å². The predicted molar refractivity (Wildman–Crippen MR) is 253 cm³/mol. The quantitative estimate of drug-likeness (QED) is 0.0493. The van der Waals surface area contributed by atoms with Crippen molar-refractivity contribution in [3.05, 3.63) is 48.6 Å². The highest BCUT2D eigenvalue weighted by Gasteiger charge is 2.21. The number of unbranched alkanes of at least 4 members (excludes halogenated alkanes) is 18. The van der Waals surface area contributed by atoms with Gasteiger partial charge in [0.05, 0.1) is 0 Å². The summed E-state index contributed by atoms with van der Waals surface area (Å²) in [5.74, 6) is 0.857. The van der Waals surface area contributed by atoms with Gasteiger partial charge in [0.25, 0.3) is 0 Å². The minimum Gasteiger partial charge on any atom is -0.309 e. The summed E-state index contributed by atoms with van der Waals surface area (Å²) in [5, 5.41) is 3.90. The van der Waals surface area contributed by atoms with Crippen LogP contribution in [0.4, 0.5) is 0 Å². The highest BCUT2D eigenvalue weighted by atomic mass is 15.2. The Morgan fingerprint density at radius 3 is 1.25 bits per heavy atom. The lowest BCUT2D eigenvalue weighted by molar-refractivity contribution is 0.201. The molecule has 0 rings (SSSR count). The van der Waals surface area contributed by atoms with Crippen LogP contribution in [0.5, 0.6) is 0 Å². The van der Waals surface area contributed by atoms with E-state index >= 15 is 0 Å². The first-order chi connectivity index (χ1) is 26.8. The van der Waals surface area contributed by atoms with Crippen molar-refractivity contribution in [1.29, 1.82) is 0 Å². The van der Waals surface area contributed by atoms with E-state index in [9.17, 15) is 0 Å². The molecule has 0 unspecified atom stereocenters. The largest absolute Gasteiger partial charge is 0.309 e. The molecule has 0 aliphatic carbocycles. The molecule has 0 amide bonds. The zero-order valence-corrected chi connectivity index (χ0v) is 39.0. The topological polar surface area (TPSA) is 18.5 Å². The van der Waals surface area contributed by atoms with Crippen LogP contribution in [0.1, 0.15) is 228 Å². The molecule has 324 valence electrons. The maximum absolute atomic E-state index is 3.90. The normalized spacial score (nSPS) is 13.5. The first-order valence-corrected chi connectivity index (χ1v) is 24.5. The Bertz CT molecular complexity index is 833. The maximum Gasteiger partial charge on any atom is 0.0139 e. The highest BCUT2D eigenvalue weighted by molar-refractivity contribution is 4.93. The Kier molecular flexibility index (Phi) is 40.2. The lowest BCUT2D eigenvalue weighted by atomic mass is 9.93. The van der Waals surface area contributed by atoms with E-state index in [1.807, 2.05) is 0 Å². The van der Waals surface area contributed by atoms with E-state index in [0.29, 0.717) is 6.04 Å². The van der Waals surface area contributed by atoms with Crippen LogP contribution in [0.25, 0.3) is 0 Å². The molecule has 1 N–H and O–H groups in total. The zero-order chi connectivity index (χ0) is 40.5. The second kappa shape index (κ2) is 41.0. The van der Waals surface area contributed by atoms with E-state index in [1.54, 1.807) is 0 Å². The van der Waals surface area contributed by atoms with E-state index in [-0.39, 0.29) is 5.54 Å². The van der Waals surface area contributed by atoms with Crippen molar-refractivity contribution in [2.24, 2.45) is 5.92 Å². The summed E-state index contributed by atoms with van der Waals surface area (Å²) in [5.41, 5.74) is 0.200. The molecule has 0 aromatic carbocycles. The molecule has 3 heteroatoms. The van der Waals surface area contributed by atoms with Crippen LogP contribution in [0.15, 0.2) is 48.6 Å². The van der Waals surface area contributed by atoms with Gasteiger partial charge in [0.1, 0.15) is 0 Å². The van der Waals surface area contributed by atoms with E-state index in [2.05, 4.69) is 119 Å². The second-order valence-corrected chi connectivity index (χ2v) is 18.0. The van der Waals surface area contributed by atoms with Crippen molar-refractivity contribution in [1.82, 2.24) is 15.1 Å². The fourth-order valence-electron chi connectivity index (χ4n) is 7.74. The molecule has 0 saturated heterocycles. The molecule has 0 heterocycles. The van der Waals surface area contributed by atoms with Crippen molar-refractivity contribution in [2.75, 3.05) is 40.3 Å². The Hall–Kier alpha value is -1.16. The molecule has 0 aromatic heterocycles. The number of rotatable bonds is 42. The van der Waals surface area contributed by atoms with Crippen LogP contribution >= 0.6 is 0 Å². The standard InChI is InChI=1S/C52H101N3/c1-9-13-15-17-19-21-23-25-27-29-31-33-35-37-39-41-43-50(44-42-40-38-36-34-32-30-28-26-24-22-20-18-16-14-10-2)49-55(8)48-47-54(7)46-45-52(5,6)53-51(11-3)12-4/h19-22,25-28,50-51,53H,9-18,23-24,29-49H2,1-8H3. The van der Waals surface area contributed by atoms with E-state index in [0.717, 1.165) is 25.3 Å². The van der Waals surface area contributed by atoms with Gasteiger partial charge < -0.3 is 15.1 Å². The summed E-state index contributed by atoms with van der Waals surface area (Å²) in [6, 6.07) is 0.637. The molecule has 0 atom stereocenters. The van der Waals surface area contributed by atoms with Crippen LogP contribution in [0.3, 0.4) is 0 Å².